The molecule has 3 rings (SSSR count). The first-order valence-corrected chi connectivity index (χ1v) is 11.9. The number of carboxylic acid groups (broad SMARTS) is 1. The van der Waals surface area contributed by atoms with E-state index in [9.17, 15) is 14.4 Å². The minimum atomic E-state index is -0.948. The SMILES string of the molecule is COc1ccc(C(C(=O)NC2CCCCC2)N(C(=O)CCCC(=O)O)c2cccc(C)c2)cc1. The molecule has 1 aliphatic rings. The number of carboxylic acids is 1. The largest absolute Gasteiger partial charge is 0.497 e. The second-order valence-electron chi connectivity index (χ2n) is 8.87. The van der Waals surface area contributed by atoms with Crippen LogP contribution in [0, 0.1) is 6.92 Å². The highest BCUT2D eigenvalue weighted by molar-refractivity contribution is 6.01. The fourth-order valence-electron chi connectivity index (χ4n) is 4.46. The summed E-state index contributed by atoms with van der Waals surface area (Å²) in [6.45, 7) is 1.93. The molecule has 1 aliphatic carbocycles. The third-order valence-electron chi connectivity index (χ3n) is 6.22. The molecule has 2 aromatic carbocycles. The van der Waals surface area contributed by atoms with Crippen LogP contribution in [0.4, 0.5) is 5.69 Å². The fourth-order valence-corrected chi connectivity index (χ4v) is 4.46. The molecule has 34 heavy (non-hydrogen) atoms. The van der Waals surface area contributed by atoms with Crippen molar-refractivity contribution in [1.82, 2.24) is 5.32 Å². The van der Waals surface area contributed by atoms with Gasteiger partial charge < -0.3 is 15.2 Å². The summed E-state index contributed by atoms with van der Waals surface area (Å²) < 4.78 is 5.28. The number of methoxy groups -OCH3 is 1. The molecule has 1 saturated carbocycles. The number of nitrogens with zero attached hydrogens (tertiary/aromatic N) is 1. The Labute approximate surface area is 201 Å². The zero-order chi connectivity index (χ0) is 24.5. The van der Waals surface area contributed by atoms with E-state index >= 15 is 0 Å². The molecule has 0 bridgehead atoms. The summed E-state index contributed by atoms with van der Waals surface area (Å²) in [5, 5.41) is 12.2. The number of ether oxygens (including phenoxy) is 1. The van der Waals surface area contributed by atoms with Crippen molar-refractivity contribution in [2.75, 3.05) is 12.0 Å². The lowest BCUT2D eigenvalue weighted by Crippen LogP contribution is -2.47. The average Bonchev–Trinajstić information content (AvgIpc) is 2.82. The molecule has 2 N–H and O–H groups in total. The van der Waals surface area contributed by atoms with E-state index in [4.69, 9.17) is 9.84 Å². The van der Waals surface area contributed by atoms with Gasteiger partial charge in [0.25, 0.3) is 0 Å². The van der Waals surface area contributed by atoms with Crippen LogP contribution >= 0.6 is 0 Å². The smallest absolute Gasteiger partial charge is 0.303 e. The highest BCUT2D eigenvalue weighted by Gasteiger charge is 2.34. The van der Waals surface area contributed by atoms with Gasteiger partial charge in [-0.3, -0.25) is 19.3 Å². The third kappa shape index (κ3) is 6.83. The van der Waals surface area contributed by atoms with Gasteiger partial charge in [0.15, 0.2) is 0 Å². The molecule has 1 unspecified atom stereocenters. The number of amides is 2. The number of aryl methyl sites for hydroxylation is 1. The number of carbonyl (C=O) groups is 3. The van der Waals surface area contributed by atoms with Crippen LogP contribution in [-0.2, 0) is 14.4 Å². The van der Waals surface area contributed by atoms with Crippen molar-refractivity contribution in [2.45, 2.75) is 70.4 Å². The van der Waals surface area contributed by atoms with Crippen molar-refractivity contribution in [2.24, 2.45) is 0 Å². The van der Waals surface area contributed by atoms with Gasteiger partial charge in [-0.15, -0.1) is 0 Å². The molecule has 1 fully saturated rings. The molecular formula is C27H34N2O5. The zero-order valence-corrected chi connectivity index (χ0v) is 20.0. The van der Waals surface area contributed by atoms with Gasteiger partial charge in [0.05, 0.1) is 7.11 Å². The Hall–Kier alpha value is -3.35. The summed E-state index contributed by atoms with van der Waals surface area (Å²) in [5.41, 5.74) is 2.24. The van der Waals surface area contributed by atoms with Crippen molar-refractivity contribution < 1.29 is 24.2 Å². The molecule has 2 aromatic rings. The van der Waals surface area contributed by atoms with E-state index in [0.717, 1.165) is 31.2 Å². The van der Waals surface area contributed by atoms with Crippen LogP contribution in [0.5, 0.6) is 5.75 Å². The van der Waals surface area contributed by atoms with E-state index in [-0.39, 0.29) is 37.1 Å². The lowest BCUT2D eigenvalue weighted by molar-refractivity contribution is -0.137. The Kier molecular flexibility index (Phi) is 9.08. The molecule has 0 radical (unpaired) electrons. The van der Waals surface area contributed by atoms with Gasteiger partial charge in [-0.1, -0.05) is 43.5 Å². The number of hydrogen-bond donors (Lipinski definition) is 2. The predicted octanol–water partition coefficient (Wildman–Crippen LogP) is 4.78. The van der Waals surface area contributed by atoms with E-state index in [0.29, 0.717) is 17.0 Å². The average molecular weight is 467 g/mol. The Morgan fingerprint density at radius 1 is 1.06 bits per heavy atom. The van der Waals surface area contributed by atoms with E-state index in [2.05, 4.69) is 5.32 Å². The molecule has 7 heteroatoms. The molecule has 0 heterocycles. The first kappa shape index (κ1) is 25.3. The van der Waals surface area contributed by atoms with Crippen LogP contribution in [0.25, 0.3) is 0 Å². The van der Waals surface area contributed by atoms with Crippen molar-refractivity contribution in [3.05, 3.63) is 59.7 Å². The van der Waals surface area contributed by atoms with Gasteiger partial charge in [-0.2, -0.15) is 0 Å². The van der Waals surface area contributed by atoms with Crippen LogP contribution in [0.1, 0.15) is 68.5 Å². The van der Waals surface area contributed by atoms with Crippen LogP contribution in [-0.4, -0.2) is 36.0 Å². The van der Waals surface area contributed by atoms with E-state index in [1.807, 2.05) is 31.2 Å². The Morgan fingerprint density at radius 2 is 1.76 bits per heavy atom. The third-order valence-corrected chi connectivity index (χ3v) is 6.22. The summed E-state index contributed by atoms with van der Waals surface area (Å²) in [5.74, 6) is -0.807. The van der Waals surface area contributed by atoms with Gasteiger partial charge in [0, 0.05) is 24.6 Å². The molecule has 2 amide bonds. The maximum atomic E-state index is 13.7. The monoisotopic (exact) mass is 466 g/mol. The van der Waals surface area contributed by atoms with Crippen molar-refractivity contribution in [3.63, 3.8) is 0 Å². The lowest BCUT2D eigenvalue weighted by Gasteiger charge is -2.34. The van der Waals surface area contributed by atoms with Crippen LogP contribution in [0.15, 0.2) is 48.5 Å². The van der Waals surface area contributed by atoms with Gasteiger partial charge in [-0.25, -0.2) is 0 Å². The Bertz CT molecular complexity index is 983. The molecule has 0 aliphatic heterocycles. The number of carbonyl (C=O) groups excluding carboxylic acids is 2. The standard InChI is InChI=1S/C27H34N2O5/c1-19-8-6-11-22(18-19)29(24(30)12-7-13-25(31)32)26(20-14-16-23(34-2)17-15-20)27(33)28-21-9-4-3-5-10-21/h6,8,11,14-18,21,26H,3-5,7,9-10,12-13H2,1-2H3,(H,28,33)(H,31,32). The van der Waals surface area contributed by atoms with Crippen molar-refractivity contribution >= 4 is 23.5 Å². The van der Waals surface area contributed by atoms with Gasteiger partial charge in [0.1, 0.15) is 11.8 Å². The number of aliphatic carboxylic acids is 1. The highest BCUT2D eigenvalue weighted by atomic mass is 16.5. The minimum Gasteiger partial charge on any atom is -0.497 e. The number of anilines is 1. The molecule has 0 spiro atoms. The normalized spacial score (nSPS) is 14.8. The maximum Gasteiger partial charge on any atom is 0.303 e. The number of nitrogens with one attached hydrogen (secondary N) is 1. The highest BCUT2D eigenvalue weighted by Crippen LogP contribution is 2.31. The molecule has 7 nitrogen and oxygen atoms in total. The Balaban J connectivity index is 2.00. The first-order chi connectivity index (χ1) is 16.4. The molecule has 182 valence electrons. The first-order valence-electron chi connectivity index (χ1n) is 11.9. The van der Waals surface area contributed by atoms with Crippen LogP contribution < -0.4 is 15.0 Å². The number of rotatable bonds is 10. The van der Waals surface area contributed by atoms with Gasteiger partial charge >= 0.3 is 5.97 Å². The van der Waals surface area contributed by atoms with Crippen molar-refractivity contribution in [1.29, 1.82) is 0 Å². The number of hydrogen-bond acceptors (Lipinski definition) is 4. The molecule has 0 saturated heterocycles. The fraction of sp³-hybridized carbons (Fsp3) is 0.444. The molecule has 1 atom stereocenters. The summed E-state index contributed by atoms with van der Waals surface area (Å²) >= 11 is 0. The van der Waals surface area contributed by atoms with Crippen LogP contribution in [0.2, 0.25) is 0 Å². The van der Waals surface area contributed by atoms with Crippen LogP contribution in [0.3, 0.4) is 0 Å². The Morgan fingerprint density at radius 3 is 2.38 bits per heavy atom. The summed E-state index contributed by atoms with van der Waals surface area (Å²) in [4.78, 5) is 39.8. The second kappa shape index (κ2) is 12.2. The zero-order valence-electron chi connectivity index (χ0n) is 20.0. The minimum absolute atomic E-state index is 0.0314. The second-order valence-corrected chi connectivity index (χ2v) is 8.87. The number of benzene rings is 2. The quantitative estimate of drug-likeness (QED) is 0.525. The molecular weight excluding hydrogens is 432 g/mol. The summed E-state index contributed by atoms with van der Waals surface area (Å²) in [7, 11) is 1.58. The predicted molar refractivity (Wildman–Crippen MR) is 131 cm³/mol. The van der Waals surface area contributed by atoms with Gasteiger partial charge in [0.2, 0.25) is 11.8 Å². The maximum absolute atomic E-state index is 13.7. The summed E-state index contributed by atoms with van der Waals surface area (Å²) in [6.07, 6.45) is 5.32. The van der Waals surface area contributed by atoms with E-state index in [1.165, 1.54) is 11.3 Å². The van der Waals surface area contributed by atoms with Crippen molar-refractivity contribution in [3.8, 4) is 5.75 Å². The summed E-state index contributed by atoms with van der Waals surface area (Å²) in [6, 6.07) is 13.8. The van der Waals surface area contributed by atoms with E-state index in [1.54, 1.807) is 31.4 Å². The van der Waals surface area contributed by atoms with E-state index < -0.39 is 12.0 Å². The topological polar surface area (TPSA) is 95.9 Å². The van der Waals surface area contributed by atoms with Gasteiger partial charge in [-0.05, 0) is 61.6 Å². The lowest BCUT2D eigenvalue weighted by atomic mass is 9.94. The molecule has 0 aromatic heterocycles.